The Kier molecular flexibility index (Phi) is 9.88. The number of rotatable bonds is 14. The lowest BCUT2D eigenvalue weighted by Crippen LogP contribution is -2.47. The molecule has 3 aromatic heterocycles. The van der Waals surface area contributed by atoms with E-state index in [0.29, 0.717) is 35.1 Å². The molecule has 0 amide bonds. The second-order valence-electron chi connectivity index (χ2n) is 11.1. The lowest BCUT2D eigenvalue weighted by atomic mass is 10.1. The predicted molar refractivity (Wildman–Crippen MR) is 169 cm³/mol. The third-order valence-corrected chi connectivity index (χ3v) is 7.36. The maximum Gasteiger partial charge on any atom is 0.329 e. The number of allylic oxidation sites excluding steroid dienone is 1. The van der Waals surface area contributed by atoms with Crippen molar-refractivity contribution in [2.24, 2.45) is 0 Å². The van der Waals surface area contributed by atoms with E-state index in [9.17, 15) is 14.7 Å². The molecule has 1 aliphatic heterocycles. The number of anilines is 3. The number of benzene rings is 1. The number of hydrogen-bond donors (Lipinski definition) is 3. The molecule has 4 aromatic rings. The van der Waals surface area contributed by atoms with Gasteiger partial charge in [0.15, 0.2) is 11.5 Å². The van der Waals surface area contributed by atoms with E-state index in [1.165, 1.54) is 10.9 Å². The molecular weight excluding hydrogens is 580 g/mol. The molecule has 0 bridgehead atoms. The highest BCUT2D eigenvalue weighted by molar-refractivity contribution is 5.77. The van der Waals surface area contributed by atoms with E-state index < -0.39 is 11.6 Å². The van der Waals surface area contributed by atoms with Crippen LogP contribution < -0.4 is 15.8 Å². The molecular formula is C31H38N8O6. The molecule has 1 aliphatic rings. The topological polar surface area (TPSA) is 160 Å². The van der Waals surface area contributed by atoms with Crippen molar-refractivity contribution in [3.63, 3.8) is 0 Å². The average molecular weight is 619 g/mol. The molecule has 0 radical (unpaired) electrons. The third-order valence-electron chi connectivity index (χ3n) is 7.36. The number of carboxylic acids is 1. The summed E-state index contributed by atoms with van der Waals surface area (Å²) < 4.78 is 13.4. The molecule has 0 spiro atoms. The number of aromatic nitrogens is 5. The fraction of sp³-hybridized carbons (Fsp3) is 0.387. The van der Waals surface area contributed by atoms with Crippen LogP contribution in [0.4, 0.5) is 17.3 Å². The highest BCUT2D eigenvalue weighted by Gasteiger charge is 2.22. The molecule has 14 heteroatoms. The van der Waals surface area contributed by atoms with Crippen LogP contribution in [-0.2, 0) is 26.4 Å². The van der Waals surface area contributed by atoms with Gasteiger partial charge in [-0.2, -0.15) is 4.98 Å². The fourth-order valence-corrected chi connectivity index (χ4v) is 5.05. The number of carboxylic acid groups (broad SMARTS) is 1. The zero-order valence-corrected chi connectivity index (χ0v) is 25.4. The summed E-state index contributed by atoms with van der Waals surface area (Å²) in [6.45, 7) is 11.7. The van der Waals surface area contributed by atoms with Gasteiger partial charge in [0.1, 0.15) is 24.4 Å². The highest BCUT2D eigenvalue weighted by atomic mass is 16.7. The Balaban J connectivity index is 1.25. The van der Waals surface area contributed by atoms with Gasteiger partial charge in [-0.3, -0.25) is 9.69 Å². The summed E-state index contributed by atoms with van der Waals surface area (Å²) in [7, 11) is 0. The number of pyridine rings is 1. The lowest BCUT2D eigenvalue weighted by molar-refractivity contribution is -0.148. The Morgan fingerprint density at radius 3 is 2.53 bits per heavy atom. The Hall–Kier alpha value is -4.63. The van der Waals surface area contributed by atoms with Crippen molar-refractivity contribution in [1.82, 2.24) is 29.2 Å². The van der Waals surface area contributed by atoms with E-state index in [1.807, 2.05) is 24.3 Å². The summed E-state index contributed by atoms with van der Waals surface area (Å²) >= 11 is 0. The standard InChI is InChI=1S/C31H38N8O6/c1-4-12-38-29(42)24-19-32-30(35-28(24)39(38)26-7-5-6-25(34-26)31(2,3)43)33-22-8-10-23(11-9-22)37-15-13-36(14-16-37)17-18-44-21-45-20-27(40)41/h4-11,19,43H,1,12-18,20-21H2,2-3H3,(H,40,41)(H,32,33,35). The summed E-state index contributed by atoms with van der Waals surface area (Å²) in [6, 6.07) is 13.3. The van der Waals surface area contributed by atoms with Crippen LogP contribution in [0.25, 0.3) is 16.9 Å². The lowest BCUT2D eigenvalue weighted by Gasteiger charge is -2.36. The quantitative estimate of drug-likeness (QED) is 0.108. The summed E-state index contributed by atoms with van der Waals surface area (Å²) in [5, 5.41) is 22.7. The first kappa shape index (κ1) is 31.8. The number of aliphatic carboxylic acids is 1. The molecule has 1 fully saturated rings. The summed E-state index contributed by atoms with van der Waals surface area (Å²) in [4.78, 5) is 42.1. The molecule has 0 saturated carbocycles. The van der Waals surface area contributed by atoms with Crippen LogP contribution in [-0.4, -0.2) is 98.1 Å². The molecule has 14 nitrogen and oxygen atoms in total. The van der Waals surface area contributed by atoms with Gasteiger partial charge < -0.3 is 29.9 Å². The summed E-state index contributed by atoms with van der Waals surface area (Å²) in [5.74, 6) is -0.253. The Morgan fingerprint density at radius 2 is 1.84 bits per heavy atom. The minimum atomic E-state index is -1.17. The molecule has 5 rings (SSSR count). The summed E-state index contributed by atoms with van der Waals surface area (Å²) in [6.07, 6.45) is 3.13. The average Bonchev–Trinajstić information content (AvgIpc) is 3.29. The van der Waals surface area contributed by atoms with Crippen LogP contribution in [0.3, 0.4) is 0 Å². The van der Waals surface area contributed by atoms with Crippen LogP contribution in [0, 0.1) is 0 Å². The first-order chi connectivity index (χ1) is 21.6. The van der Waals surface area contributed by atoms with Gasteiger partial charge >= 0.3 is 5.97 Å². The maximum atomic E-state index is 13.3. The minimum absolute atomic E-state index is 0.0263. The van der Waals surface area contributed by atoms with Gasteiger partial charge in [-0.25, -0.2) is 24.1 Å². The molecule has 45 heavy (non-hydrogen) atoms. The van der Waals surface area contributed by atoms with Crippen molar-refractivity contribution in [2.75, 3.05) is 62.9 Å². The number of nitrogens with one attached hydrogen (secondary N) is 1. The van der Waals surface area contributed by atoms with E-state index in [0.717, 1.165) is 44.1 Å². The number of hydrogen-bond acceptors (Lipinski definition) is 11. The van der Waals surface area contributed by atoms with Crippen LogP contribution in [0.5, 0.6) is 0 Å². The van der Waals surface area contributed by atoms with E-state index in [-0.39, 0.29) is 25.5 Å². The molecule has 238 valence electrons. The molecule has 4 heterocycles. The van der Waals surface area contributed by atoms with Crippen molar-refractivity contribution in [3.05, 3.63) is 77.4 Å². The minimum Gasteiger partial charge on any atom is -0.480 e. The number of ether oxygens (including phenoxy) is 2. The number of aliphatic hydroxyl groups is 1. The predicted octanol–water partition coefficient (Wildman–Crippen LogP) is 2.33. The third kappa shape index (κ3) is 7.72. The number of fused-ring (bicyclic) bond motifs is 1. The number of nitrogens with zero attached hydrogens (tertiary/aromatic N) is 7. The maximum absolute atomic E-state index is 13.3. The Morgan fingerprint density at radius 1 is 1.09 bits per heavy atom. The molecule has 0 unspecified atom stereocenters. The van der Waals surface area contributed by atoms with E-state index in [2.05, 4.69) is 31.7 Å². The van der Waals surface area contributed by atoms with Crippen LogP contribution in [0.2, 0.25) is 0 Å². The van der Waals surface area contributed by atoms with Gasteiger partial charge in [-0.05, 0) is 50.2 Å². The van der Waals surface area contributed by atoms with E-state index >= 15 is 0 Å². The first-order valence-electron chi connectivity index (χ1n) is 14.7. The van der Waals surface area contributed by atoms with Crippen molar-refractivity contribution < 1.29 is 24.5 Å². The van der Waals surface area contributed by atoms with Gasteiger partial charge in [0.2, 0.25) is 5.95 Å². The molecule has 0 aliphatic carbocycles. The van der Waals surface area contributed by atoms with Crippen LogP contribution in [0.1, 0.15) is 19.5 Å². The molecule has 1 aromatic carbocycles. The van der Waals surface area contributed by atoms with Crippen molar-refractivity contribution in [3.8, 4) is 5.82 Å². The zero-order valence-electron chi connectivity index (χ0n) is 25.4. The van der Waals surface area contributed by atoms with E-state index in [1.54, 1.807) is 42.8 Å². The van der Waals surface area contributed by atoms with Gasteiger partial charge in [0, 0.05) is 50.3 Å². The van der Waals surface area contributed by atoms with E-state index in [4.69, 9.17) is 19.6 Å². The highest BCUT2D eigenvalue weighted by Crippen LogP contribution is 2.24. The normalized spacial score (nSPS) is 14.2. The first-order valence-corrected chi connectivity index (χ1v) is 14.7. The second kappa shape index (κ2) is 14.0. The zero-order chi connectivity index (χ0) is 32.0. The SMILES string of the molecule is C=CCn1c(=O)c2cnc(Nc3ccc(N4CCN(CCOCOCC(=O)O)CC4)cc3)nc2n1-c1cccc(C(C)(C)O)n1. The second-order valence-corrected chi connectivity index (χ2v) is 11.1. The molecule has 1 saturated heterocycles. The largest absolute Gasteiger partial charge is 0.480 e. The smallest absolute Gasteiger partial charge is 0.329 e. The molecule has 3 N–H and O–H groups in total. The van der Waals surface area contributed by atoms with Crippen molar-refractivity contribution in [2.45, 2.75) is 26.0 Å². The monoisotopic (exact) mass is 618 g/mol. The van der Waals surface area contributed by atoms with Crippen molar-refractivity contribution >= 4 is 34.3 Å². The Bertz CT molecular complexity index is 1690. The van der Waals surface area contributed by atoms with Gasteiger partial charge in [-0.15, -0.1) is 6.58 Å². The Labute approximate surface area is 260 Å². The van der Waals surface area contributed by atoms with Crippen LogP contribution >= 0.6 is 0 Å². The van der Waals surface area contributed by atoms with Gasteiger partial charge in [-0.1, -0.05) is 12.1 Å². The fourth-order valence-electron chi connectivity index (χ4n) is 5.05. The van der Waals surface area contributed by atoms with Crippen molar-refractivity contribution in [1.29, 1.82) is 0 Å². The number of piperazine rings is 1. The van der Waals surface area contributed by atoms with Gasteiger partial charge in [0.05, 0.1) is 18.8 Å². The van der Waals surface area contributed by atoms with Gasteiger partial charge in [0.25, 0.3) is 5.56 Å². The summed E-state index contributed by atoms with van der Waals surface area (Å²) in [5.41, 5.74) is 1.30. The number of carbonyl (C=O) groups is 1. The molecule has 0 atom stereocenters. The van der Waals surface area contributed by atoms with Crippen LogP contribution in [0.15, 0.2) is 66.1 Å².